The monoisotopic (exact) mass is 286 g/mol. The number of nitrogens with zero attached hydrogens (tertiary/aromatic N) is 3. The van der Waals surface area contributed by atoms with E-state index in [9.17, 15) is 10.1 Å². The minimum Gasteiger partial charge on any atom is -0.330 e. The largest absolute Gasteiger partial charge is 0.330 e. The van der Waals surface area contributed by atoms with Crippen LogP contribution in [0.5, 0.6) is 0 Å². The molecule has 0 amide bonds. The smallest absolute Gasteiger partial charge is 0.269 e. The molecule has 6 nitrogen and oxygen atoms in total. The molecule has 1 aliphatic heterocycles. The average Bonchev–Trinajstić information content (AvgIpc) is 3.09. The highest BCUT2D eigenvalue weighted by atomic mass is 16.6. The number of imidazole rings is 1. The predicted molar refractivity (Wildman–Crippen MR) is 79.3 cm³/mol. The summed E-state index contributed by atoms with van der Waals surface area (Å²) in [6.45, 7) is 4.91. The zero-order chi connectivity index (χ0) is 14.9. The van der Waals surface area contributed by atoms with E-state index in [0.29, 0.717) is 6.54 Å². The van der Waals surface area contributed by atoms with Crippen LogP contribution in [-0.2, 0) is 12.0 Å². The van der Waals surface area contributed by atoms with Gasteiger partial charge in [0.05, 0.1) is 11.3 Å². The topological polar surface area (TPSA) is 73.0 Å². The molecule has 1 saturated heterocycles. The minimum atomic E-state index is -0.377. The molecular formula is C15H18N4O2. The van der Waals surface area contributed by atoms with Gasteiger partial charge in [-0.15, -0.1) is 0 Å². The number of non-ortho nitro benzene ring substituents is 1. The zero-order valence-corrected chi connectivity index (χ0v) is 12.0. The molecule has 3 rings (SSSR count). The maximum absolute atomic E-state index is 10.7. The first-order valence-electron chi connectivity index (χ1n) is 7.03. The highest BCUT2D eigenvalue weighted by Gasteiger charge is 2.33. The summed E-state index contributed by atoms with van der Waals surface area (Å²) in [7, 11) is 0. The van der Waals surface area contributed by atoms with Gasteiger partial charge in [0.1, 0.15) is 0 Å². The summed E-state index contributed by atoms with van der Waals surface area (Å²) < 4.78 is 2.13. The molecule has 0 aliphatic carbocycles. The Kier molecular flexibility index (Phi) is 3.47. The van der Waals surface area contributed by atoms with Crippen molar-refractivity contribution < 1.29 is 4.92 Å². The summed E-state index contributed by atoms with van der Waals surface area (Å²) in [5.41, 5.74) is 2.48. The Morgan fingerprint density at radius 1 is 1.43 bits per heavy atom. The Labute approximate surface area is 123 Å². The van der Waals surface area contributed by atoms with Crippen molar-refractivity contribution in [2.24, 2.45) is 0 Å². The van der Waals surface area contributed by atoms with E-state index >= 15 is 0 Å². The lowest BCUT2D eigenvalue weighted by Crippen LogP contribution is -2.28. The van der Waals surface area contributed by atoms with Gasteiger partial charge >= 0.3 is 0 Å². The van der Waals surface area contributed by atoms with Crippen LogP contribution in [-0.4, -0.2) is 27.6 Å². The first kappa shape index (κ1) is 13.8. The Morgan fingerprint density at radius 3 is 2.81 bits per heavy atom. The van der Waals surface area contributed by atoms with Crippen LogP contribution in [0, 0.1) is 10.1 Å². The van der Waals surface area contributed by atoms with E-state index in [1.807, 2.05) is 12.5 Å². The van der Waals surface area contributed by atoms with Crippen molar-refractivity contribution >= 4 is 5.69 Å². The van der Waals surface area contributed by atoms with Crippen molar-refractivity contribution in [1.82, 2.24) is 14.9 Å². The molecule has 0 bridgehead atoms. The Morgan fingerprint density at radius 2 is 2.19 bits per heavy atom. The van der Waals surface area contributed by atoms with Gasteiger partial charge in [-0.05, 0) is 18.5 Å². The van der Waals surface area contributed by atoms with Crippen LogP contribution in [0.15, 0.2) is 36.8 Å². The van der Waals surface area contributed by atoms with Gasteiger partial charge in [-0.1, -0.05) is 19.1 Å². The second kappa shape index (κ2) is 5.29. The quantitative estimate of drug-likeness (QED) is 0.690. The number of nitro benzene ring substituents is 1. The lowest BCUT2D eigenvalue weighted by molar-refractivity contribution is -0.384. The van der Waals surface area contributed by atoms with Gasteiger partial charge in [-0.25, -0.2) is 4.98 Å². The van der Waals surface area contributed by atoms with Crippen molar-refractivity contribution in [3.63, 3.8) is 0 Å². The fourth-order valence-corrected chi connectivity index (χ4v) is 2.90. The van der Waals surface area contributed by atoms with Crippen molar-refractivity contribution in [3.05, 3.63) is 58.2 Å². The van der Waals surface area contributed by atoms with Crippen molar-refractivity contribution in [2.45, 2.75) is 25.3 Å². The average molecular weight is 286 g/mol. The van der Waals surface area contributed by atoms with Crippen LogP contribution < -0.4 is 5.32 Å². The molecule has 1 atom stereocenters. The molecular weight excluding hydrogens is 268 g/mol. The third-order valence-electron chi connectivity index (χ3n) is 4.20. The summed E-state index contributed by atoms with van der Waals surface area (Å²) in [4.78, 5) is 14.6. The maximum atomic E-state index is 10.7. The molecule has 2 aromatic rings. The molecule has 0 saturated carbocycles. The molecule has 1 aromatic heterocycles. The van der Waals surface area contributed by atoms with Crippen LogP contribution in [0.2, 0.25) is 0 Å². The highest BCUT2D eigenvalue weighted by molar-refractivity contribution is 5.33. The Balaban J connectivity index is 1.82. The second-order valence-electron chi connectivity index (χ2n) is 5.82. The molecule has 1 N–H and O–H groups in total. The molecule has 0 radical (unpaired) electrons. The minimum absolute atomic E-state index is 0.108. The summed E-state index contributed by atoms with van der Waals surface area (Å²) in [6.07, 6.45) is 4.86. The van der Waals surface area contributed by atoms with E-state index in [1.165, 1.54) is 5.69 Å². The lowest BCUT2D eigenvalue weighted by atomic mass is 9.86. The highest BCUT2D eigenvalue weighted by Crippen LogP contribution is 2.30. The predicted octanol–water partition coefficient (Wildman–Crippen LogP) is 2.09. The Hall–Kier alpha value is -2.21. The number of hydrogen-bond donors (Lipinski definition) is 1. The molecule has 110 valence electrons. The number of benzene rings is 1. The molecule has 1 unspecified atom stereocenters. The summed E-state index contributed by atoms with van der Waals surface area (Å²) in [5.74, 6) is 0. The van der Waals surface area contributed by atoms with Gasteiger partial charge in [-0.2, -0.15) is 0 Å². The number of nitro groups is 1. The van der Waals surface area contributed by atoms with Gasteiger partial charge in [-0.3, -0.25) is 10.1 Å². The van der Waals surface area contributed by atoms with Crippen LogP contribution >= 0.6 is 0 Å². The van der Waals surface area contributed by atoms with E-state index in [0.717, 1.165) is 25.1 Å². The maximum Gasteiger partial charge on any atom is 0.269 e. The Bertz CT molecular complexity index is 642. The SMILES string of the molecule is CC1(c2cncn2Cc2ccc([N+](=O)[O-])cc2)CCNC1. The fourth-order valence-electron chi connectivity index (χ4n) is 2.90. The van der Waals surface area contributed by atoms with E-state index in [-0.39, 0.29) is 16.0 Å². The molecule has 21 heavy (non-hydrogen) atoms. The van der Waals surface area contributed by atoms with E-state index in [1.54, 1.807) is 24.3 Å². The van der Waals surface area contributed by atoms with Gasteiger partial charge in [0.2, 0.25) is 0 Å². The van der Waals surface area contributed by atoms with Crippen LogP contribution in [0.3, 0.4) is 0 Å². The fraction of sp³-hybridized carbons (Fsp3) is 0.400. The summed E-state index contributed by atoms with van der Waals surface area (Å²) in [6, 6.07) is 6.70. The number of hydrogen-bond acceptors (Lipinski definition) is 4. The first-order chi connectivity index (χ1) is 10.1. The van der Waals surface area contributed by atoms with Crippen LogP contribution in [0.1, 0.15) is 24.6 Å². The standard InChI is InChI=1S/C15H18N4O2/c1-15(6-7-16-10-15)14-8-17-11-18(14)9-12-2-4-13(5-3-12)19(20)21/h2-5,8,11,16H,6-7,9-10H2,1H3. The molecule has 0 spiro atoms. The van der Waals surface area contributed by atoms with Crippen LogP contribution in [0.4, 0.5) is 5.69 Å². The lowest BCUT2D eigenvalue weighted by Gasteiger charge is -2.24. The van der Waals surface area contributed by atoms with Gasteiger partial charge in [0.15, 0.2) is 0 Å². The number of rotatable bonds is 4. The van der Waals surface area contributed by atoms with Gasteiger partial charge in [0.25, 0.3) is 5.69 Å². The van der Waals surface area contributed by atoms with E-state index in [4.69, 9.17) is 0 Å². The van der Waals surface area contributed by atoms with Crippen LogP contribution in [0.25, 0.3) is 0 Å². The van der Waals surface area contributed by atoms with E-state index < -0.39 is 0 Å². The second-order valence-corrected chi connectivity index (χ2v) is 5.82. The molecule has 6 heteroatoms. The van der Waals surface area contributed by atoms with Crippen molar-refractivity contribution in [1.29, 1.82) is 0 Å². The molecule has 1 aromatic carbocycles. The van der Waals surface area contributed by atoms with Crippen molar-refractivity contribution in [2.75, 3.05) is 13.1 Å². The number of aromatic nitrogens is 2. The molecule has 1 fully saturated rings. The van der Waals surface area contributed by atoms with Gasteiger partial charge < -0.3 is 9.88 Å². The van der Waals surface area contributed by atoms with Crippen molar-refractivity contribution in [3.8, 4) is 0 Å². The first-order valence-corrected chi connectivity index (χ1v) is 7.03. The number of nitrogens with one attached hydrogen (secondary N) is 1. The van der Waals surface area contributed by atoms with Gasteiger partial charge in [0, 0.05) is 42.5 Å². The molecule has 1 aliphatic rings. The third-order valence-corrected chi connectivity index (χ3v) is 4.20. The summed E-state index contributed by atoms with van der Waals surface area (Å²) in [5, 5.41) is 14.1. The third kappa shape index (κ3) is 2.67. The summed E-state index contributed by atoms with van der Waals surface area (Å²) >= 11 is 0. The van der Waals surface area contributed by atoms with E-state index in [2.05, 4.69) is 21.8 Å². The zero-order valence-electron chi connectivity index (χ0n) is 12.0. The molecule has 2 heterocycles. The normalized spacial score (nSPS) is 21.6.